The summed E-state index contributed by atoms with van der Waals surface area (Å²) in [6.45, 7) is 0. The van der Waals surface area contributed by atoms with E-state index in [2.05, 4.69) is 52.9 Å². The van der Waals surface area contributed by atoms with E-state index < -0.39 is 17.1 Å². The molecule has 5 nitrogen and oxygen atoms in total. The highest BCUT2D eigenvalue weighted by Crippen LogP contribution is 2.32. The van der Waals surface area contributed by atoms with Gasteiger partial charge in [-0.1, -0.05) is 15.9 Å². The lowest BCUT2D eigenvalue weighted by molar-refractivity contribution is 0.0687. The molecule has 0 saturated heterocycles. The van der Waals surface area contributed by atoms with E-state index in [0.717, 1.165) is 10.5 Å². The number of aromatic nitrogens is 2. The highest BCUT2D eigenvalue weighted by molar-refractivity contribution is 9.11. The van der Waals surface area contributed by atoms with Gasteiger partial charge in [0.1, 0.15) is 0 Å². The molecule has 1 aromatic heterocycles. The number of carboxylic acids is 1. The van der Waals surface area contributed by atoms with Crippen molar-refractivity contribution in [3.05, 3.63) is 53.7 Å². The van der Waals surface area contributed by atoms with E-state index in [1.807, 2.05) is 0 Å². The van der Waals surface area contributed by atoms with Gasteiger partial charge in [-0.15, -0.1) is 0 Å². The van der Waals surface area contributed by atoms with Crippen LogP contribution in [0.1, 0.15) is 10.5 Å². The summed E-state index contributed by atoms with van der Waals surface area (Å²) >= 11 is 10.1. The van der Waals surface area contributed by atoms with Crippen LogP contribution < -0.4 is 5.43 Å². The van der Waals surface area contributed by atoms with Gasteiger partial charge in [-0.2, -0.15) is 5.10 Å². The van der Waals surface area contributed by atoms with Gasteiger partial charge in [0.2, 0.25) is 11.1 Å². The van der Waals surface area contributed by atoms with Crippen molar-refractivity contribution in [2.45, 2.75) is 0 Å². The van der Waals surface area contributed by atoms with Crippen LogP contribution in [0, 0.1) is 0 Å². The Morgan fingerprint density at radius 3 is 2.32 bits per heavy atom. The largest absolute Gasteiger partial charge is 0.476 e. The maximum absolute atomic E-state index is 11.4. The zero-order valence-electron chi connectivity index (χ0n) is 9.10. The number of carbonyl (C=O) groups is 1. The first-order chi connectivity index (χ1) is 8.90. The number of carboxylic acid groups (broad SMARTS) is 1. The van der Waals surface area contributed by atoms with Crippen molar-refractivity contribution in [1.82, 2.24) is 9.78 Å². The number of benzene rings is 1. The Bertz CT molecular complexity index is 704. The Labute approximate surface area is 132 Å². The number of hydrogen-bond donors (Lipinski definition) is 1. The van der Waals surface area contributed by atoms with Crippen LogP contribution in [0.5, 0.6) is 0 Å². The third-order valence-corrected chi connectivity index (χ3v) is 3.89. The molecule has 0 aliphatic carbocycles. The van der Waals surface area contributed by atoms with E-state index in [0.29, 0.717) is 14.6 Å². The standard InChI is InChI=1S/C11H5Br3N2O3/c12-5-3-6(13)10(7(14)4-5)16-2-1-8(17)9(15-16)11(18)19/h1-4H,(H,18,19). The third kappa shape index (κ3) is 2.96. The summed E-state index contributed by atoms with van der Waals surface area (Å²) in [4.78, 5) is 22.3. The summed E-state index contributed by atoms with van der Waals surface area (Å²) < 4.78 is 3.56. The SMILES string of the molecule is O=C(O)c1nn(-c2c(Br)cc(Br)cc2Br)ccc1=O. The van der Waals surface area contributed by atoms with Gasteiger partial charge in [0.25, 0.3) is 0 Å². The fourth-order valence-electron chi connectivity index (χ4n) is 1.43. The van der Waals surface area contributed by atoms with Crippen LogP contribution in [0.2, 0.25) is 0 Å². The zero-order chi connectivity index (χ0) is 14.2. The Kier molecular flexibility index (Phi) is 4.22. The topological polar surface area (TPSA) is 72.2 Å². The van der Waals surface area contributed by atoms with Gasteiger partial charge >= 0.3 is 5.97 Å². The maximum Gasteiger partial charge on any atom is 0.360 e. The van der Waals surface area contributed by atoms with Crippen LogP contribution in [0.3, 0.4) is 0 Å². The van der Waals surface area contributed by atoms with E-state index in [9.17, 15) is 9.59 Å². The van der Waals surface area contributed by atoms with Gasteiger partial charge < -0.3 is 5.11 Å². The molecule has 0 spiro atoms. The molecule has 1 aromatic carbocycles. The Morgan fingerprint density at radius 2 is 1.79 bits per heavy atom. The predicted molar refractivity (Wildman–Crippen MR) is 79.9 cm³/mol. The fourth-order valence-corrected chi connectivity index (χ4v) is 4.06. The molecule has 0 unspecified atom stereocenters. The minimum Gasteiger partial charge on any atom is -0.476 e. The lowest BCUT2D eigenvalue weighted by atomic mass is 10.3. The Balaban J connectivity index is 2.70. The molecule has 19 heavy (non-hydrogen) atoms. The molecule has 0 aliphatic rings. The van der Waals surface area contributed by atoms with Gasteiger partial charge in [-0.25, -0.2) is 9.48 Å². The smallest absolute Gasteiger partial charge is 0.360 e. The first-order valence-electron chi connectivity index (χ1n) is 4.88. The molecule has 0 radical (unpaired) electrons. The van der Waals surface area contributed by atoms with E-state index in [1.165, 1.54) is 10.9 Å². The quantitative estimate of drug-likeness (QED) is 0.759. The lowest BCUT2D eigenvalue weighted by Gasteiger charge is -2.11. The number of hydrogen-bond acceptors (Lipinski definition) is 3. The summed E-state index contributed by atoms with van der Waals surface area (Å²) in [6.07, 6.45) is 1.41. The van der Waals surface area contributed by atoms with Crippen molar-refractivity contribution in [1.29, 1.82) is 0 Å². The lowest BCUT2D eigenvalue weighted by Crippen LogP contribution is -2.20. The normalized spacial score (nSPS) is 10.5. The Morgan fingerprint density at radius 1 is 1.21 bits per heavy atom. The molecule has 0 amide bonds. The number of aromatic carboxylic acids is 1. The third-order valence-electron chi connectivity index (χ3n) is 2.22. The number of nitrogens with zero attached hydrogens (tertiary/aromatic N) is 2. The second kappa shape index (κ2) is 5.56. The summed E-state index contributed by atoms with van der Waals surface area (Å²) in [5.41, 5.74) is -0.553. The zero-order valence-corrected chi connectivity index (χ0v) is 13.9. The minimum absolute atomic E-state index is 0.524. The summed E-state index contributed by atoms with van der Waals surface area (Å²) in [6, 6.07) is 4.75. The van der Waals surface area contributed by atoms with E-state index in [-0.39, 0.29) is 0 Å². The minimum atomic E-state index is -1.36. The van der Waals surface area contributed by atoms with Crippen LogP contribution in [0.15, 0.2) is 42.6 Å². The molecular weight excluding hydrogens is 448 g/mol. The summed E-state index contributed by atoms with van der Waals surface area (Å²) in [5, 5.41) is 12.7. The predicted octanol–water partition coefficient (Wildman–Crippen LogP) is 3.22. The molecule has 0 atom stereocenters. The molecule has 0 saturated carbocycles. The van der Waals surface area contributed by atoms with Crippen LogP contribution in [0.25, 0.3) is 5.69 Å². The molecule has 0 bridgehead atoms. The molecule has 2 rings (SSSR count). The van der Waals surface area contributed by atoms with Gasteiger partial charge in [-0.05, 0) is 44.0 Å². The average Bonchev–Trinajstić information content (AvgIpc) is 2.29. The maximum atomic E-state index is 11.4. The van der Waals surface area contributed by atoms with E-state index in [4.69, 9.17) is 5.11 Å². The summed E-state index contributed by atoms with van der Waals surface area (Å²) in [7, 11) is 0. The molecule has 0 aliphatic heterocycles. The molecule has 0 fully saturated rings. The van der Waals surface area contributed by atoms with E-state index >= 15 is 0 Å². The van der Waals surface area contributed by atoms with Crippen LogP contribution in [0.4, 0.5) is 0 Å². The highest BCUT2D eigenvalue weighted by Gasteiger charge is 2.14. The van der Waals surface area contributed by atoms with Crippen LogP contribution in [-0.4, -0.2) is 20.9 Å². The molecular formula is C11H5Br3N2O3. The van der Waals surface area contributed by atoms with Crippen molar-refractivity contribution in [3.63, 3.8) is 0 Å². The number of rotatable bonds is 2. The fraction of sp³-hybridized carbons (Fsp3) is 0. The van der Waals surface area contributed by atoms with Crippen molar-refractivity contribution in [2.75, 3.05) is 0 Å². The van der Waals surface area contributed by atoms with Crippen molar-refractivity contribution in [3.8, 4) is 5.69 Å². The van der Waals surface area contributed by atoms with Crippen LogP contribution in [-0.2, 0) is 0 Å². The van der Waals surface area contributed by atoms with Crippen molar-refractivity contribution < 1.29 is 9.90 Å². The second-order valence-electron chi connectivity index (χ2n) is 3.50. The monoisotopic (exact) mass is 450 g/mol. The summed E-state index contributed by atoms with van der Waals surface area (Å²) in [5.74, 6) is -1.36. The van der Waals surface area contributed by atoms with E-state index in [1.54, 1.807) is 12.1 Å². The molecule has 2 aromatic rings. The molecule has 1 N–H and O–H groups in total. The highest BCUT2D eigenvalue weighted by atomic mass is 79.9. The first-order valence-corrected chi connectivity index (χ1v) is 7.26. The Hall–Kier alpha value is -0.990. The average molecular weight is 453 g/mol. The number of halogens is 3. The van der Waals surface area contributed by atoms with Gasteiger partial charge in [0.15, 0.2) is 0 Å². The van der Waals surface area contributed by atoms with Gasteiger partial charge in [-0.3, -0.25) is 4.79 Å². The van der Waals surface area contributed by atoms with Gasteiger partial charge in [0.05, 0.1) is 5.69 Å². The molecule has 8 heteroatoms. The van der Waals surface area contributed by atoms with Crippen molar-refractivity contribution >= 4 is 53.8 Å². The molecule has 1 heterocycles. The van der Waals surface area contributed by atoms with Gasteiger partial charge in [0, 0.05) is 25.7 Å². The van der Waals surface area contributed by atoms with Crippen LogP contribution >= 0.6 is 47.8 Å². The second-order valence-corrected chi connectivity index (χ2v) is 6.12. The first kappa shape index (κ1) is 14.4. The van der Waals surface area contributed by atoms with Crippen molar-refractivity contribution in [2.24, 2.45) is 0 Å². The molecule has 98 valence electrons.